The third kappa shape index (κ3) is 6.11. The topological polar surface area (TPSA) is 89.4 Å². The SMILES string of the molecule is Cc1cc(Nc2nc(N[C@H]3CC[C@H](N4CCOCC4)CC3)c3c(ccn3C3CC(OCc4ccccc4)C3)n2)sn1. The molecular weight excluding hydrogens is 534 g/mol. The zero-order chi connectivity index (χ0) is 27.6. The van der Waals surface area contributed by atoms with Crippen molar-refractivity contribution in [1.82, 2.24) is 23.8 Å². The van der Waals surface area contributed by atoms with Gasteiger partial charge in [-0.05, 0) is 74.7 Å². The average Bonchev–Trinajstić information content (AvgIpc) is 3.59. The van der Waals surface area contributed by atoms with Crippen molar-refractivity contribution in [2.45, 2.75) is 76.3 Å². The van der Waals surface area contributed by atoms with Crippen molar-refractivity contribution in [3.63, 3.8) is 0 Å². The van der Waals surface area contributed by atoms with Gasteiger partial charge >= 0.3 is 0 Å². The van der Waals surface area contributed by atoms with E-state index in [4.69, 9.17) is 19.4 Å². The molecule has 0 atom stereocenters. The van der Waals surface area contributed by atoms with E-state index in [2.05, 4.69) is 61.0 Å². The summed E-state index contributed by atoms with van der Waals surface area (Å²) in [6.07, 6.45) is 9.16. The fraction of sp³-hybridized carbons (Fsp3) is 0.516. The van der Waals surface area contributed by atoms with Crippen LogP contribution in [0.1, 0.15) is 55.8 Å². The van der Waals surface area contributed by atoms with Crippen LogP contribution in [0.3, 0.4) is 0 Å². The molecule has 4 aromatic rings. The van der Waals surface area contributed by atoms with Gasteiger partial charge in [0.1, 0.15) is 10.5 Å². The molecule has 3 aromatic heterocycles. The fourth-order valence-electron chi connectivity index (χ4n) is 6.47. The number of hydrogen-bond donors (Lipinski definition) is 2. The molecule has 10 heteroatoms. The summed E-state index contributed by atoms with van der Waals surface area (Å²) in [4.78, 5) is 12.6. The van der Waals surface area contributed by atoms with Crippen LogP contribution in [0, 0.1) is 6.92 Å². The Hall–Kier alpha value is -3.05. The number of rotatable bonds is 9. The lowest BCUT2D eigenvalue weighted by atomic mass is 9.88. The van der Waals surface area contributed by atoms with E-state index in [9.17, 15) is 0 Å². The van der Waals surface area contributed by atoms with Crippen LogP contribution >= 0.6 is 11.5 Å². The molecule has 1 aromatic carbocycles. The van der Waals surface area contributed by atoms with Crippen molar-refractivity contribution < 1.29 is 9.47 Å². The largest absolute Gasteiger partial charge is 0.379 e. The molecule has 3 fully saturated rings. The lowest BCUT2D eigenvalue weighted by molar-refractivity contribution is -0.0347. The first kappa shape index (κ1) is 26.8. The highest BCUT2D eigenvalue weighted by atomic mass is 32.1. The molecule has 216 valence electrons. The van der Waals surface area contributed by atoms with Crippen LogP contribution < -0.4 is 10.6 Å². The number of anilines is 3. The number of benzene rings is 1. The Labute approximate surface area is 245 Å². The molecule has 2 saturated carbocycles. The molecule has 2 N–H and O–H groups in total. The lowest BCUT2D eigenvalue weighted by Crippen LogP contribution is -2.46. The second-order valence-corrected chi connectivity index (χ2v) is 12.5. The van der Waals surface area contributed by atoms with E-state index in [0.717, 1.165) is 79.5 Å². The third-order valence-corrected chi connectivity index (χ3v) is 9.61. The zero-order valence-corrected chi connectivity index (χ0v) is 24.5. The number of ether oxygens (including phenoxy) is 2. The second kappa shape index (κ2) is 12.1. The van der Waals surface area contributed by atoms with Gasteiger partial charge in [0.25, 0.3) is 0 Å². The van der Waals surface area contributed by atoms with E-state index >= 15 is 0 Å². The van der Waals surface area contributed by atoms with Crippen molar-refractivity contribution >= 4 is 39.3 Å². The van der Waals surface area contributed by atoms with E-state index in [1.807, 2.05) is 19.1 Å². The minimum Gasteiger partial charge on any atom is -0.379 e. The predicted octanol–water partition coefficient (Wildman–Crippen LogP) is 5.92. The Morgan fingerprint density at radius 1 is 1.00 bits per heavy atom. The van der Waals surface area contributed by atoms with Gasteiger partial charge in [0.2, 0.25) is 5.95 Å². The Balaban J connectivity index is 1.07. The standard InChI is InChI=1S/C31H39N7O2S/c1-21-17-28(41-36-21)34-31-33-27-11-12-38(25-18-26(19-25)40-20-22-5-3-2-4-6-22)29(27)30(35-31)32-23-7-9-24(10-8-23)37-13-15-39-16-14-37/h2-6,11-12,17,23-26H,7-10,13-16,18-20H2,1H3,(H2,32,33,34,35)/t23-,24-,25?,26?. The van der Waals surface area contributed by atoms with Gasteiger partial charge in [0.05, 0.1) is 37.1 Å². The number of fused-ring (bicyclic) bond motifs is 1. The van der Waals surface area contributed by atoms with Gasteiger partial charge in [-0.1, -0.05) is 30.3 Å². The van der Waals surface area contributed by atoms with Gasteiger partial charge in [-0.3, -0.25) is 4.90 Å². The van der Waals surface area contributed by atoms with Crippen molar-refractivity contribution in [3.8, 4) is 0 Å². The zero-order valence-electron chi connectivity index (χ0n) is 23.7. The van der Waals surface area contributed by atoms with Crippen LogP contribution in [0.15, 0.2) is 48.7 Å². The first-order chi connectivity index (χ1) is 20.2. The van der Waals surface area contributed by atoms with Crippen LogP contribution in [0.4, 0.5) is 16.8 Å². The number of hydrogen-bond acceptors (Lipinski definition) is 9. The maximum atomic E-state index is 6.22. The summed E-state index contributed by atoms with van der Waals surface area (Å²) < 4.78 is 18.6. The van der Waals surface area contributed by atoms with Crippen LogP contribution in [0.5, 0.6) is 0 Å². The molecule has 2 aliphatic carbocycles. The Morgan fingerprint density at radius 3 is 2.56 bits per heavy atom. The predicted molar refractivity (Wildman–Crippen MR) is 163 cm³/mol. The van der Waals surface area contributed by atoms with E-state index in [-0.39, 0.29) is 6.10 Å². The number of aryl methyl sites for hydroxylation is 1. The molecule has 7 rings (SSSR count). The fourth-order valence-corrected chi connectivity index (χ4v) is 7.13. The van der Waals surface area contributed by atoms with Crippen LogP contribution in [0.2, 0.25) is 0 Å². The summed E-state index contributed by atoms with van der Waals surface area (Å²) in [5.74, 6) is 1.54. The smallest absolute Gasteiger partial charge is 0.230 e. The van der Waals surface area contributed by atoms with Gasteiger partial charge in [0.15, 0.2) is 5.82 Å². The Bertz CT molecular complexity index is 1440. The molecule has 0 radical (unpaired) electrons. The Morgan fingerprint density at radius 2 is 1.80 bits per heavy atom. The summed E-state index contributed by atoms with van der Waals surface area (Å²) in [6.45, 7) is 6.52. The summed E-state index contributed by atoms with van der Waals surface area (Å²) in [6, 6.07) is 16.0. The summed E-state index contributed by atoms with van der Waals surface area (Å²) in [5, 5.41) is 8.22. The number of nitrogens with zero attached hydrogens (tertiary/aromatic N) is 5. The summed E-state index contributed by atoms with van der Waals surface area (Å²) in [7, 11) is 0. The van der Waals surface area contributed by atoms with Crippen molar-refractivity contribution in [3.05, 3.63) is 59.9 Å². The minimum atomic E-state index is 0.279. The maximum Gasteiger partial charge on any atom is 0.230 e. The molecule has 0 amide bonds. The first-order valence-electron chi connectivity index (χ1n) is 15.0. The van der Waals surface area contributed by atoms with Gasteiger partial charge in [-0.25, -0.2) is 4.98 Å². The molecule has 0 unspecified atom stereocenters. The van der Waals surface area contributed by atoms with Gasteiger partial charge < -0.3 is 24.7 Å². The Kier molecular flexibility index (Phi) is 7.88. The number of aromatic nitrogens is 4. The molecule has 0 bridgehead atoms. The van der Waals surface area contributed by atoms with Gasteiger partial charge in [0, 0.05) is 37.4 Å². The lowest BCUT2D eigenvalue weighted by Gasteiger charge is -2.39. The molecule has 1 aliphatic heterocycles. The van der Waals surface area contributed by atoms with Crippen molar-refractivity contribution in [1.29, 1.82) is 0 Å². The molecule has 41 heavy (non-hydrogen) atoms. The highest BCUT2D eigenvalue weighted by Gasteiger charge is 2.33. The number of morpholine rings is 1. The van der Waals surface area contributed by atoms with Crippen LogP contribution in [-0.4, -0.2) is 68.3 Å². The van der Waals surface area contributed by atoms with Crippen molar-refractivity contribution in [2.24, 2.45) is 0 Å². The minimum absolute atomic E-state index is 0.279. The molecule has 9 nitrogen and oxygen atoms in total. The van der Waals surface area contributed by atoms with E-state index in [0.29, 0.717) is 30.7 Å². The molecule has 3 aliphatic rings. The molecule has 4 heterocycles. The highest BCUT2D eigenvalue weighted by Crippen LogP contribution is 2.39. The normalized spacial score (nSPS) is 25.2. The van der Waals surface area contributed by atoms with Gasteiger partial charge in [-0.15, -0.1) is 0 Å². The molecule has 0 spiro atoms. The maximum absolute atomic E-state index is 6.22. The first-order valence-corrected chi connectivity index (χ1v) is 15.8. The van der Waals surface area contributed by atoms with E-state index in [1.54, 1.807) is 0 Å². The second-order valence-electron chi connectivity index (χ2n) is 11.7. The third-order valence-electron chi connectivity index (χ3n) is 8.82. The van der Waals surface area contributed by atoms with E-state index < -0.39 is 0 Å². The van der Waals surface area contributed by atoms with Crippen LogP contribution in [-0.2, 0) is 16.1 Å². The van der Waals surface area contributed by atoms with Gasteiger partial charge in [-0.2, -0.15) is 9.36 Å². The highest BCUT2D eigenvalue weighted by molar-refractivity contribution is 7.10. The summed E-state index contributed by atoms with van der Waals surface area (Å²) in [5.41, 5.74) is 4.27. The number of nitrogens with one attached hydrogen (secondary N) is 2. The van der Waals surface area contributed by atoms with Crippen LogP contribution in [0.25, 0.3) is 11.0 Å². The molecule has 1 saturated heterocycles. The monoisotopic (exact) mass is 573 g/mol. The quantitative estimate of drug-likeness (QED) is 0.255. The van der Waals surface area contributed by atoms with E-state index in [1.165, 1.54) is 29.9 Å². The van der Waals surface area contributed by atoms with Crippen molar-refractivity contribution in [2.75, 3.05) is 36.9 Å². The average molecular weight is 574 g/mol. The summed E-state index contributed by atoms with van der Waals surface area (Å²) >= 11 is 1.44. The molecular formula is C31H39N7O2S.